The number of allylic oxidation sites excluding steroid dienone is 1. The molecular formula is C12H14N2O3. The van der Waals surface area contributed by atoms with E-state index in [0.717, 1.165) is 0 Å². The van der Waals surface area contributed by atoms with Gasteiger partial charge in [0.2, 0.25) is 0 Å². The minimum absolute atomic E-state index is 0.0594. The molecule has 1 aromatic carbocycles. The van der Waals surface area contributed by atoms with Crippen LogP contribution in [-0.2, 0) is 4.79 Å². The van der Waals surface area contributed by atoms with E-state index >= 15 is 0 Å². The number of ketones is 1. The quantitative estimate of drug-likeness (QED) is 0.454. The molecule has 0 spiro atoms. The molecule has 0 heterocycles. The minimum atomic E-state index is -0.484. The van der Waals surface area contributed by atoms with Crippen LogP contribution in [0.25, 0.3) is 5.57 Å². The Morgan fingerprint density at radius 2 is 1.94 bits per heavy atom. The Kier molecular flexibility index (Phi) is 3.98. The first-order valence-corrected chi connectivity index (χ1v) is 5.06. The van der Waals surface area contributed by atoms with Crippen molar-refractivity contribution in [3.8, 4) is 0 Å². The Balaban J connectivity index is 3.39. The highest BCUT2D eigenvalue weighted by Gasteiger charge is 2.19. The summed E-state index contributed by atoms with van der Waals surface area (Å²) in [5.74, 6) is -0.201. The molecule has 0 amide bonds. The van der Waals surface area contributed by atoms with Gasteiger partial charge in [0.15, 0.2) is 5.78 Å². The van der Waals surface area contributed by atoms with Crippen molar-refractivity contribution in [1.29, 1.82) is 0 Å². The normalized spacial score (nSPS) is 11.1. The van der Waals surface area contributed by atoms with Gasteiger partial charge in [-0.25, -0.2) is 0 Å². The third-order valence-corrected chi connectivity index (χ3v) is 2.16. The standard InChI is InChI=1S/C12H14N2O3/c1-9(15)11(8-13(2)3)10-6-4-5-7-12(10)14(16)17/h4-8H,1-3H3. The van der Waals surface area contributed by atoms with Crippen LogP contribution in [0.5, 0.6) is 0 Å². The van der Waals surface area contributed by atoms with Crippen molar-refractivity contribution in [2.45, 2.75) is 6.92 Å². The van der Waals surface area contributed by atoms with Crippen molar-refractivity contribution >= 4 is 17.0 Å². The zero-order valence-corrected chi connectivity index (χ0v) is 10.0. The number of hydrogen-bond acceptors (Lipinski definition) is 4. The molecule has 1 aromatic rings. The molecule has 90 valence electrons. The van der Waals surface area contributed by atoms with Crippen LogP contribution in [0.4, 0.5) is 5.69 Å². The van der Waals surface area contributed by atoms with Crippen molar-refractivity contribution in [2.75, 3.05) is 14.1 Å². The van der Waals surface area contributed by atoms with Crippen molar-refractivity contribution in [1.82, 2.24) is 4.90 Å². The number of carbonyl (C=O) groups is 1. The molecule has 0 radical (unpaired) electrons. The molecule has 0 aliphatic rings. The first-order valence-electron chi connectivity index (χ1n) is 5.06. The second-order valence-electron chi connectivity index (χ2n) is 3.84. The molecule has 0 saturated carbocycles. The number of Topliss-reactive ketones (excluding diaryl/α,β-unsaturated/α-hetero) is 1. The van der Waals surface area contributed by atoms with Gasteiger partial charge in [0.05, 0.1) is 10.5 Å². The summed E-state index contributed by atoms with van der Waals surface area (Å²) in [6.45, 7) is 1.39. The molecule has 0 N–H and O–H groups in total. The first kappa shape index (κ1) is 12.9. The fourth-order valence-electron chi connectivity index (χ4n) is 1.47. The molecule has 5 nitrogen and oxygen atoms in total. The van der Waals surface area contributed by atoms with Gasteiger partial charge in [-0.1, -0.05) is 12.1 Å². The fourth-order valence-corrected chi connectivity index (χ4v) is 1.47. The highest BCUT2D eigenvalue weighted by atomic mass is 16.6. The molecule has 1 rings (SSSR count). The summed E-state index contributed by atoms with van der Waals surface area (Å²) in [5, 5.41) is 10.9. The van der Waals surface area contributed by atoms with Crippen molar-refractivity contribution in [3.63, 3.8) is 0 Å². The lowest BCUT2D eigenvalue weighted by Crippen LogP contribution is -2.08. The number of nitrogens with zero attached hydrogens (tertiary/aromatic N) is 2. The van der Waals surface area contributed by atoms with Gasteiger partial charge in [-0.2, -0.15) is 0 Å². The lowest BCUT2D eigenvalue weighted by atomic mass is 10.0. The fraction of sp³-hybridized carbons (Fsp3) is 0.250. The van der Waals surface area contributed by atoms with Gasteiger partial charge in [-0.05, 0) is 13.0 Å². The van der Waals surface area contributed by atoms with E-state index in [2.05, 4.69) is 0 Å². The maximum atomic E-state index is 11.5. The minimum Gasteiger partial charge on any atom is -0.383 e. The van der Waals surface area contributed by atoms with Crippen LogP contribution in [0.2, 0.25) is 0 Å². The predicted molar refractivity (Wildman–Crippen MR) is 65.4 cm³/mol. The maximum Gasteiger partial charge on any atom is 0.277 e. The van der Waals surface area contributed by atoms with Crippen LogP contribution in [0.1, 0.15) is 12.5 Å². The number of para-hydroxylation sites is 1. The number of carbonyl (C=O) groups excluding carboxylic acids is 1. The van der Waals surface area contributed by atoms with Crippen LogP contribution in [0, 0.1) is 10.1 Å². The van der Waals surface area contributed by atoms with Gasteiger partial charge >= 0.3 is 0 Å². The third kappa shape index (κ3) is 3.14. The molecule has 0 aliphatic heterocycles. The summed E-state index contributed by atoms with van der Waals surface area (Å²) in [6.07, 6.45) is 1.59. The van der Waals surface area contributed by atoms with E-state index in [1.807, 2.05) is 0 Å². The lowest BCUT2D eigenvalue weighted by Gasteiger charge is -2.10. The monoisotopic (exact) mass is 234 g/mol. The summed E-state index contributed by atoms with van der Waals surface area (Å²) in [5.41, 5.74) is 0.622. The number of hydrogen-bond donors (Lipinski definition) is 0. The highest BCUT2D eigenvalue weighted by molar-refractivity contribution is 6.20. The van der Waals surface area contributed by atoms with Gasteiger partial charge in [-0.3, -0.25) is 14.9 Å². The van der Waals surface area contributed by atoms with Gasteiger partial charge < -0.3 is 4.90 Å². The second-order valence-corrected chi connectivity index (χ2v) is 3.84. The molecule has 0 aliphatic carbocycles. The molecule has 0 fully saturated rings. The summed E-state index contributed by atoms with van der Waals surface area (Å²) in [6, 6.07) is 6.22. The molecule has 0 aromatic heterocycles. The second kappa shape index (κ2) is 5.25. The molecule has 0 unspecified atom stereocenters. The number of nitro benzene ring substituents is 1. The van der Waals surface area contributed by atoms with Crippen molar-refractivity contribution < 1.29 is 9.72 Å². The largest absolute Gasteiger partial charge is 0.383 e. The average molecular weight is 234 g/mol. The van der Waals surface area contributed by atoms with Gasteiger partial charge in [-0.15, -0.1) is 0 Å². The van der Waals surface area contributed by atoms with Crippen LogP contribution >= 0.6 is 0 Å². The topological polar surface area (TPSA) is 63.5 Å². The molecule has 0 atom stereocenters. The number of nitro groups is 1. The molecule has 0 saturated heterocycles. The van der Waals surface area contributed by atoms with Crippen LogP contribution in [0.3, 0.4) is 0 Å². The maximum absolute atomic E-state index is 11.5. The third-order valence-electron chi connectivity index (χ3n) is 2.16. The predicted octanol–water partition coefficient (Wildman–Crippen LogP) is 2.09. The first-order chi connectivity index (χ1) is 7.93. The average Bonchev–Trinajstić information content (AvgIpc) is 2.25. The van der Waals surface area contributed by atoms with E-state index in [9.17, 15) is 14.9 Å². The summed E-state index contributed by atoms with van der Waals surface area (Å²) in [7, 11) is 3.52. The Morgan fingerprint density at radius 3 is 2.41 bits per heavy atom. The van der Waals surface area contributed by atoms with Gasteiger partial charge in [0.1, 0.15) is 0 Å². The van der Waals surface area contributed by atoms with Crippen molar-refractivity contribution in [2.24, 2.45) is 0 Å². The smallest absolute Gasteiger partial charge is 0.277 e. The van der Waals surface area contributed by atoms with Crippen LogP contribution in [0.15, 0.2) is 30.5 Å². The lowest BCUT2D eigenvalue weighted by molar-refractivity contribution is -0.385. The Hall–Kier alpha value is -2.17. The SMILES string of the molecule is CC(=O)C(=CN(C)C)c1ccccc1[N+](=O)[O-]. The van der Waals surface area contributed by atoms with Crippen LogP contribution in [-0.4, -0.2) is 29.7 Å². The van der Waals surface area contributed by atoms with E-state index in [0.29, 0.717) is 11.1 Å². The van der Waals surface area contributed by atoms with Crippen LogP contribution < -0.4 is 0 Å². The Labute approximate surface area is 99.5 Å². The zero-order valence-electron chi connectivity index (χ0n) is 10.0. The van der Waals surface area contributed by atoms with Crippen molar-refractivity contribution in [3.05, 3.63) is 46.1 Å². The molecular weight excluding hydrogens is 220 g/mol. The highest BCUT2D eigenvalue weighted by Crippen LogP contribution is 2.26. The van der Waals surface area contributed by atoms with Gasteiger partial charge in [0.25, 0.3) is 5.69 Å². The summed E-state index contributed by atoms with van der Waals surface area (Å²) >= 11 is 0. The number of rotatable bonds is 4. The summed E-state index contributed by atoms with van der Waals surface area (Å²) < 4.78 is 0. The molecule has 0 bridgehead atoms. The van der Waals surface area contributed by atoms with E-state index < -0.39 is 4.92 Å². The summed E-state index contributed by atoms with van der Waals surface area (Å²) in [4.78, 5) is 23.6. The Bertz CT molecular complexity index is 478. The van der Waals surface area contributed by atoms with E-state index in [-0.39, 0.29) is 11.5 Å². The Morgan fingerprint density at radius 1 is 1.35 bits per heavy atom. The zero-order chi connectivity index (χ0) is 13.0. The van der Waals surface area contributed by atoms with E-state index in [1.54, 1.807) is 43.4 Å². The van der Waals surface area contributed by atoms with E-state index in [1.165, 1.54) is 13.0 Å². The molecule has 17 heavy (non-hydrogen) atoms. The number of benzene rings is 1. The molecule has 5 heteroatoms. The van der Waals surface area contributed by atoms with E-state index in [4.69, 9.17) is 0 Å². The van der Waals surface area contributed by atoms with Gasteiger partial charge in [0, 0.05) is 31.9 Å².